The molecule has 82 valence electrons. The second kappa shape index (κ2) is 4.11. The Kier molecular flexibility index (Phi) is 2.82. The van der Waals surface area contributed by atoms with E-state index < -0.39 is 0 Å². The maximum atomic E-state index is 9.58. The minimum Gasteiger partial charge on any atom is -0.508 e. The Balaban J connectivity index is 2.02. The van der Waals surface area contributed by atoms with Crippen molar-refractivity contribution in [3.63, 3.8) is 0 Å². The summed E-state index contributed by atoms with van der Waals surface area (Å²) in [7, 11) is 2.13. The molecule has 2 N–H and O–H groups in total. The van der Waals surface area contributed by atoms with E-state index >= 15 is 0 Å². The van der Waals surface area contributed by atoms with Gasteiger partial charge in [0.2, 0.25) is 0 Å². The molecule has 3 nitrogen and oxygen atoms in total. The molecule has 1 aliphatic rings. The van der Waals surface area contributed by atoms with Gasteiger partial charge >= 0.3 is 0 Å². The molecule has 1 aromatic carbocycles. The average Bonchev–Trinajstić information content (AvgIpc) is 2.58. The van der Waals surface area contributed by atoms with Gasteiger partial charge in [-0.2, -0.15) is 0 Å². The van der Waals surface area contributed by atoms with Gasteiger partial charge in [-0.15, -0.1) is 0 Å². The lowest BCUT2D eigenvalue weighted by Crippen LogP contribution is -2.23. The number of aryl methyl sites for hydroxylation is 1. The van der Waals surface area contributed by atoms with Crippen LogP contribution >= 0.6 is 0 Å². The first-order valence-electron chi connectivity index (χ1n) is 5.40. The normalized spacial score (nSPS) is 21.9. The number of hydrogen-bond acceptors (Lipinski definition) is 3. The first-order valence-corrected chi connectivity index (χ1v) is 5.40. The summed E-state index contributed by atoms with van der Waals surface area (Å²) in [6, 6.07) is 6.27. The summed E-state index contributed by atoms with van der Waals surface area (Å²) in [4.78, 5) is 2.31. The molecule has 15 heavy (non-hydrogen) atoms. The summed E-state index contributed by atoms with van der Waals surface area (Å²) in [5.74, 6) is 0.367. The molecule has 1 saturated heterocycles. The SMILES string of the molecule is Cc1ccc(NC2CCN(C)C2)cc1O. The van der Waals surface area contributed by atoms with Gasteiger partial charge in [-0.05, 0) is 38.6 Å². The molecule has 1 fully saturated rings. The van der Waals surface area contributed by atoms with E-state index in [1.165, 1.54) is 6.42 Å². The van der Waals surface area contributed by atoms with Crippen LogP contribution in [0.3, 0.4) is 0 Å². The Morgan fingerprint density at radius 2 is 2.27 bits per heavy atom. The number of likely N-dealkylation sites (N-methyl/N-ethyl adjacent to an activating group) is 1. The molecule has 1 heterocycles. The first-order chi connectivity index (χ1) is 7.15. The highest BCUT2D eigenvalue weighted by Gasteiger charge is 2.18. The van der Waals surface area contributed by atoms with E-state index in [0.717, 1.165) is 24.3 Å². The van der Waals surface area contributed by atoms with Crippen molar-refractivity contribution in [3.05, 3.63) is 23.8 Å². The maximum Gasteiger partial charge on any atom is 0.120 e. The smallest absolute Gasteiger partial charge is 0.120 e. The third-order valence-electron chi connectivity index (χ3n) is 2.97. The van der Waals surface area contributed by atoms with Crippen LogP contribution in [0.25, 0.3) is 0 Å². The lowest BCUT2D eigenvalue weighted by Gasteiger charge is -2.14. The van der Waals surface area contributed by atoms with Crippen LogP contribution in [0.1, 0.15) is 12.0 Å². The topological polar surface area (TPSA) is 35.5 Å². The Morgan fingerprint density at radius 3 is 2.87 bits per heavy atom. The van der Waals surface area contributed by atoms with E-state index in [1.54, 1.807) is 6.07 Å². The van der Waals surface area contributed by atoms with Crippen LogP contribution in [0.15, 0.2) is 18.2 Å². The summed E-state index contributed by atoms with van der Waals surface area (Å²) in [6.07, 6.45) is 1.17. The minimum atomic E-state index is 0.367. The van der Waals surface area contributed by atoms with E-state index in [9.17, 15) is 5.11 Å². The summed E-state index contributed by atoms with van der Waals surface area (Å²) in [5, 5.41) is 13.0. The van der Waals surface area contributed by atoms with E-state index in [2.05, 4.69) is 17.3 Å². The molecule has 0 aliphatic carbocycles. The Bertz CT molecular complexity index is 351. The molecule has 0 saturated carbocycles. The zero-order valence-electron chi connectivity index (χ0n) is 9.33. The third kappa shape index (κ3) is 2.42. The molecule has 2 rings (SSSR count). The molecule has 3 heteroatoms. The molecule has 0 bridgehead atoms. The van der Waals surface area contributed by atoms with Gasteiger partial charge in [0.25, 0.3) is 0 Å². The van der Waals surface area contributed by atoms with Gasteiger partial charge in [-0.1, -0.05) is 6.07 Å². The highest BCUT2D eigenvalue weighted by molar-refractivity contribution is 5.51. The molecule has 0 amide bonds. The monoisotopic (exact) mass is 206 g/mol. The van der Waals surface area contributed by atoms with Crippen molar-refractivity contribution in [2.24, 2.45) is 0 Å². The van der Waals surface area contributed by atoms with Crippen LogP contribution in [0.5, 0.6) is 5.75 Å². The van der Waals surface area contributed by atoms with Crippen molar-refractivity contribution >= 4 is 5.69 Å². The third-order valence-corrected chi connectivity index (χ3v) is 2.97. The number of likely N-dealkylation sites (tertiary alicyclic amines) is 1. The molecule has 0 spiro atoms. The van der Waals surface area contributed by atoms with Gasteiger partial charge in [-0.25, -0.2) is 0 Å². The van der Waals surface area contributed by atoms with Crippen molar-refractivity contribution < 1.29 is 5.11 Å². The minimum absolute atomic E-state index is 0.367. The number of benzene rings is 1. The zero-order chi connectivity index (χ0) is 10.8. The molecule has 0 radical (unpaired) electrons. The molecular weight excluding hydrogens is 188 g/mol. The maximum absolute atomic E-state index is 9.58. The number of phenolic OH excluding ortho intramolecular Hbond substituents is 1. The summed E-state index contributed by atoms with van der Waals surface area (Å²) >= 11 is 0. The van der Waals surface area contributed by atoms with Crippen LogP contribution in [0.2, 0.25) is 0 Å². The summed E-state index contributed by atoms with van der Waals surface area (Å²) in [6.45, 7) is 4.13. The van der Waals surface area contributed by atoms with E-state index in [-0.39, 0.29) is 0 Å². The summed E-state index contributed by atoms with van der Waals surface area (Å²) in [5.41, 5.74) is 1.93. The van der Waals surface area contributed by atoms with Gasteiger partial charge in [0, 0.05) is 24.3 Å². The lowest BCUT2D eigenvalue weighted by molar-refractivity contribution is 0.414. The largest absolute Gasteiger partial charge is 0.508 e. The van der Waals surface area contributed by atoms with Crippen molar-refractivity contribution in [1.82, 2.24) is 4.90 Å². The summed E-state index contributed by atoms with van der Waals surface area (Å²) < 4.78 is 0. The average molecular weight is 206 g/mol. The Hall–Kier alpha value is -1.22. The first kappa shape index (κ1) is 10.3. The number of anilines is 1. The quantitative estimate of drug-likeness (QED) is 0.774. The van der Waals surface area contributed by atoms with Crippen molar-refractivity contribution in [2.45, 2.75) is 19.4 Å². The van der Waals surface area contributed by atoms with E-state index in [4.69, 9.17) is 0 Å². The fraction of sp³-hybridized carbons (Fsp3) is 0.500. The van der Waals surface area contributed by atoms with Crippen molar-refractivity contribution in [3.8, 4) is 5.75 Å². The number of aromatic hydroxyl groups is 1. The second-order valence-corrected chi connectivity index (χ2v) is 4.39. The molecule has 0 aromatic heterocycles. The predicted molar refractivity (Wildman–Crippen MR) is 62.4 cm³/mol. The Morgan fingerprint density at radius 1 is 1.47 bits per heavy atom. The standard InChI is InChI=1S/C12H18N2O/c1-9-3-4-10(7-12(9)15)13-11-5-6-14(2)8-11/h3-4,7,11,13,15H,5-6,8H2,1-2H3. The van der Waals surface area contributed by atoms with Crippen LogP contribution < -0.4 is 5.32 Å². The van der Waals surface area contributed by atoms with Gasteiger partial charge in [-0.3, -0.25) is 0 Å². The number of nitrogens with one attached hydrogen (secondary N) is 1. The van der Waals surface area contributed by atoms with Gasteiger partial charge < -0.3 is 15.3 Å². The van der Waals surface area contributed by atoms with Gasteiger partial charge in [0.15, 0.2) is 0 Å². The van der Waals surface area contributed by atoms with Crippen LogP contribution in [-0.2, 0) is 0 Å². The van der Waals surface area contributed by atoms with Crippen LogP contribution in [0, 0.1) is 6.92 Å². The fourth-order valence-electron chi connectivity index (χ4n) is 1.99. The highest BCUT2D eigenvalue weighted by Crippen LogP contribution is 2.22. The second-order valence-electron chi connectivity index (χ2n) is 4.39. The van der Waals surface area contributed by atoms with Gasteiger partial charge in [0.1, 0.15) is 5.75 Å². The van der Waals surface area contributed by atoms with Crippen molar-refractivity contribution in [2.75, 3.05) is 25.5 Å². The van der Waals surface area contributed by atoms with Crippen LogP contribution in [-0.4, -0.2) is 36.2 Å². The van der Waals surface area contributed by atoms with Crippen molar-refractivity contribution in [1.29, 1.82) is 0 Å². The van der Waals surface area contributed by atoms with Gasteiger partial charge in [0.05, 0.1) is 0 Å². The molecule has 1 unspecified atom stereocenters. The zero-order valence-corrected chi connectivity index (χ0v) is 9.33. The van der Waals surface area contributed by atoms with E-state index in [1.807, 2.05) is 19.1 Å². The number of nitrogens with zero attached hydrogens (tertiary/aromatic N) is 1. The lowest BCUT2D eigenvalue weighted by atomic mass is 10.2. The fourth-order valence-corrected chi connectivity index (χ4v) is 1.99. The molecule has 1 aliphatic heterocycles. The van der Waals surface area contributed by atoms with E-state index in [0.29, 0.717) is 11.8 Å². The molecule has 1 aromatic rings. The van der Waals surface area contributed by atoms with Crippen LogP contribution in [0.4, 0.5) is 5.69 Å². The number of hydrogen-bond donors (Lipinski definition) is 2. The Labute approximate surface area is 90.7 Å². The number of phenols is 1. The predicted octanol–water partition coefficient (Wildman–Crippen LogP) is 1.82. The molecular formula is C12H18N2O. The number of rotatable bonds is 2. The molecule has 1 atom stereocenters. The highest BCUT2D eigenvalue weighted by atomic mass is 16.3.